The predicted octanol–water partition coefficient (Wildman–Crippen LogP) is 4.48. The lowest BCUT2D eigenvalue weighted by atomic mass is 9.83. The molecule has 3 aromatic rings. The van der Waals surface area contributed by atoms with Crippen molar-refractivity contribution in [1.29, 1.82) is 0 Å². The van der Waals surface area contributed by atoms with Gasteiger partial charge in [-0.1, -0.05) is 55.4 Å². The maximum Gasteiger partial charge on any atom is 0.407 e. The number of nitrogens with zero attached hydrogens (tertiary/aromatic N) is 1. The zero-order chi connectivity index (χ0) is 46.6. The number of amides is 1. The number of aromatic hydroxyl groups is 1. The Morgan fingerprint density at radius 1 is 1.14 bits per heavy atom. The number of allylic oxidation sites excluding steroid dienone is 2. The highest BCUT2D eigenvalue weighted by atomic mass is 32.2. The van der Waals surface area contributed by atoms with Gasteiger partial charge in [0.2, 0.25) is 11.5 Å². The molecule has 0 bridgehead atoms. The Kier molecular flexibility index (Phi) is 14.9. The molecule has 2 aromatic heterocycles. The standard InChI is InChI=1S/C47H51FN4O12S/c1-24(2)50-33-23-61-39(21-37(33)59-5)63-38-22-47(48,44(57)43-42-28(15-17-49-43)31-19-27(54)13-14-32(31)51-42)25(3)62-45(38)64-36-12-10-8-7-9-11-30-40(36)29(16-18-65-26(4)53)34(55)20-35(56)41(30)52-46(58)60-6/h7-8,13-17,19,24-25,33-34,36-39,41,45,50-51,54-55H,18,20-23H2,1-6H3,(H,52,58)/b8-7-,29-16-/t25?,33?,34-,36-,37?,38?,39?,41?,45?,47?/m0/s1. The van der Waals surface area contributed by atoms with Crippen molar-refractivity contribution in [3.05, 3.63) is 71.1 Å². The zero-order valence-electron chi connectivity index (χ0n) is 36.6. The number of phenols is 1. The third-order valence-electron chi connectivity index (χ3n) is 11.6. The summed E-state index contributed by atoms with van der Waals surface area (Å²) in [6.45, 7) is 6.93. The average Bonchev–Trinajstić information content (AvgIpc) is 3.64. The molecule has 1 aromatic carbocycles. The fraction of sp³-hybridized carbons (Fsp3) is 0.468. The number of nitrogens with one attached hydrogen (secondary N) is 3. The summed E-state index contributed by atoms with van der Waals surface area (Å²) in [6.07, 6.45) is -4.68. The number of hydrogen-bond acceptors (Lipinski definition) is 15. The lowest BCUT2D eigenvalue weighted by molar-refractivity contribution is -0.315. The number of alkyl halides is 1. The Labute approximate surface area is 379 Å². The summed E-state index contributed by atoms with van der Waals surface area (Å²) in [4.78, 5) is 60.7. The van der Waals surface area contributed by atoms with E-state index in [1.165, 1.54) is 44.3 Å². The van der Waals surface area contributed by atoms with Gasteiger partial charge in [0.15, 0.2) is 23.5 Å². The van der Waals surface area contributed by atoms with Crippen molar-refractivity contribution >= 4 is 56.3 Å². The summed E-state index contributed by atoms with van der Waals surface area (Å²) in [6, 6.07) is 4.80. The van der Waals surface area contributed by atoms with Gasteiger partial charge in [0.25, 0.3) is 0 Å². The van der Waals surface area contributed by atoms with Crippen LogP contribution in [0.4, 0.5) is 9.18 Å². The number of methoxy groups -OCH3 is 2. The molecule has 1 amide bonds. The van der Waals surface area contributed by atoms with Gasteiger partial charge in [-0.15, -0.1) is 0 Å². The summed E-state index contributed by atoms with van der Waals surface area (Å²) in [5.41, 5.74) is -1.86. The van der Waals surface area contributed by atoms with Crippen molar-refractivity contribution in [2.45, 2.75) is 114 Å². The molecule has 0 saturated carbocycles. The monoisotopic (exact) mass is 914 g/mol. The number of rotatable bonds is 12. The third kappa shape index (κ3) is 10.4. The fourth-order valence-electron chi connectivity index (χ4n) is 8.48. The number of Topliss-reactive ketones (excluding diaryl/α,β-unsaturated/α-hetero) is 2. The molecular formula is C47H51FN4O12S. The molecule has 2 aliphatic carbocycles. The molecule has 4 heterocycles. The smallest absolute Gasteiger partial charge is 0.407 e. The SMILES string of the molecule is COC(=O)NC1C(=O)C[C@H](O)/C(=C/CSC(C)=O)C2=C1C#C/C=C\C#C[C@@H]2OC1OC(C)C(F)(C(=O)c2nccc3c2[nH]c2ccc(O)cc23)CC1OC1CC(OC)C(NC(C)C)CO1. The summed E-state index contributed by atoms with van der Waals surface area (Å²) < 4.78 is 54.6. The first-order chi connectivity index (χ1) is 31.1. The number of pyridine rings is 1. The average molecular weight is 915 g/mol. The number of fused-ring (bicyclic) bond motifs is 3. The first-order valence-corrected chi connectivity index (χ1v) is 22.1. The van der Waals surface area contributed by atoms with Crippen LogP contribution in [0, 0.1) is 23.7 Å². The first kappa shape index (κ1) is 47.5. The Balaban J connectivity index is 1.31. The quantitative estimate of drug-likeness (QED) is 0.125. The van der Waals surface area contributed by atoms with Gasteiger partial charge in [0.05, 0.1) is 43.6 Å². The highest BCUT2D eigenvalue weighted by molar-refractivity contribution is 8.13. The van der Waals surface area contributed by atoms with Gasteiger partial charge >= 0.3 is 6.09 Å². The number of phenolic OH excluding ortho intramolecular Hbond substituents is 1. The lowest BCUT2D eigenvalue weighted by Gasteiger charge is -2.45. The number of halogens is 1. The number of ether oxygens (including phenoxy) is 6. The fourth-order valence-corrected chi connectivity index (χ4v) is 8.97. The van der Waals surface area contributed by atoms with Crippen LogP contribution in [0.3, 0.4) is 0 Å². The number of H-pyrrole nitrogens is 1. The third-order valence-corrected chi connectivity index (χ3v) is 12.3. The van der Waals surface area contributed by atoms with Gasteiger partial charge in [0, 0.05) is 78.7 Å². The van der Waals surface area contributed by atoms with E-state index in [9.17, 15) is 29.4 Å². The van der Waals surface area contributed by atoms with Crippen LogP contribution < -0.4 is 10.6 Å². The molecular weight excluding hydrogens is 864 g/mol. The number of aromatic nitrogens is 2. The van der Waals surface area contributed by atoms with Crippen molar-refractivity contribution in [1.82, 2.24) is 20.6 Å². The molecule has 344 valence electrons. The van der Waals surface area contributed by atoms with Gasteiger partial charge < -0.3 is 54.3 Å². The van der Waals surface area contributed by atoms with Crippen LogP contribution in [-0.2, 0) is 38.0 Å². The van der Waals surface area contributed by atoms with Gasteiger partial charge in [-0.3, -0.25) is 19.4 Å². The van der Waals surface area contributed by atoms with Gasteiger partial charge in [-0.2, -0.15) is 0 Å². The molecule has 8 unspecified atom stereocenters. The number of benzene rings is 1. The van der Waals surface area contributed by atoms with Crippen LogP contribution in [0.5, 0.6) is 5.75 Å². The first-order valence-electron chi connectivity index (χ1n) is 21.1. The Bertz CT molecular complexity index is 2570. The summed E-state index contributed by atoms with van der Waals surface area (Å²) >= 11 is 0.953. The largest absolute Gasteiger partial charge is 0.508 e. The number of aliphatic hydroxyl groups is 1. The van der Waals surface area contributed by atoms with E-state index in [1.54, 1.807) is 25.3 Å². The number of ketones is 2. The van der Waals surface area contributed by atoms with E-state index in [0.717, 1.165) is 18.9 Å². The van der Waals surface area contributed by atoms with E-state index in [4.69, 9.17) is 28.4 Å². The normalized spacial score (nSPS) is 30.3. The molecule has 2 fully saturated rings. The van der Waals surface area contributed by atoms with Crippen LogP contribution in [0.15, 0.2) is 65.4 Å². The summed E-state index contributed by atoms with van der Waals surface area (Å²) in [7, 11) is 2.70. The number of aromatic amines is 1. The van der Waals surface area contributed by atoms with Crippen molar-refractivity contribution in [3.8, 4) is 29.4 Å². The molecule has 4 aliphatic rings. The molecule has 0 spiro atoms. The number of aliphatic hydroxyl groups excluding tert-OH is 1. The Morgan fingerprint density at radius 3 is 2.66 bits per heavy atom. The lowest BCUT2D eigenvalue weighted by Crippen LogP contribution is -2.60. The second kappa shape index (κ2) is 20.4. The van der Waals surface area contributed by atoms with E-state index >= 15 is 4.39 Å². The number of carbonyl (C=O) groups is 4. The molecule has 18 heteroatoms. The number of alkyl carbamates (subject to hydrolysis) is 1. The second-order valence-electron chi connectivity index (χ2n) is 16.3. The number of thioether (sulfide) groups is 1. The highest BCUT2D eigenvalue weighted by Crippen LogP contribution is 2.42. The van der Waals surface area contributed by atoms with Crippen molar-refractivity contribution in [3.63, 3.8) is 0 Å². The predicted molar refractivity (Wildman–Crippen MR) is 237 cm³/mol. The van der Waals surface area contributed by atoms with Gasteiger partial charge in [-0.25, -0.2) is 9.18 Å². The van der Waals surface area contributed by atoms with Gasteiger partial charge in [-0.05, 0) is 48.9 Å². The van der Waals surface area contributed by atoms with E-state index in [2.05, 4.69) is 44.3 Å². The van der Waals surface area contributed by atoms with Crippen molar-refractivity contribution in [2.24, 2.45) is 0 Å². The molecule has 10 atom stereocenters. The van der Waals surface area contributed by atoms with Crippen LogP contribution in [0.2, 0.25) is 0 Å². The highest BCUT2D eigenvalue weighted by Gasteiger charge is 2.56. The number of hydrogen-bond donors (Lipinski definition) is 5. The zero-order valence-corrected chi connectivity index (χ0v) is 37.5. The molecule has 65 heavy (non-hydrogen) atoms. The van der Waals surface area contributed by atoms with E-state index in [0.29, 0.717) is 16.3 Å². The van der Waals surface area contributed by atoms with Crippen molar-refractivity contribution in [2.75, 3.05) is 26.6 Å². The Morgan fingerprint density at radius 2 is 1.92 bits per heavy atom. The van der Waals surface area contributed by atoms with Crippen LogP contribution in [0.1, 0.15) is 57.4 Å². The van der Waals surface area contributed by atoms with Crippen molar-refractivity contribution < 1.29 is 62.2 Å². The van der Waals surface area contributed by atoms with Crippen LogP contribution in [-0.4, -0.2) is 136 Å². The summed E-state index contributed by atoms with van der Waals surface area (Å²) in [5.74, 6) is 10.1. The second-order valence-corrected chi connectivity index (χ2v) is 17.5. The molecule has 2 saturated heterocycles. The molecule has 7 rings (SSSR count). The number of carbonyl (C=O) groups excluding carboxylic acids is 4. The molecule has 5 N–H and O–H groups in total. The van der Waals surface area contributed by atoms with E-state index in [1.807, 2.05) is 13.8 Å². The van der Waals surface area contributed by atoms with Crippen LogP contribution in [0.25, 0.3) is 21.8 Å². The minimum absolute atomic E-state index is 0.00524. The van der Waals surface area contributed by atoms with E-state index in [-0.39, 0.29) is 75.8 Å². The van der Waals surface area contributed by atoms with Gasteiger partial charge in [0.1, 0.15) is 29.7 Å². The Hall–Kier alpha value is -5.41. The minimum Gasteiger partial charge on any atom is -0.508 e. The molecule has 2 aliphatic heterocycles. The topological polar surface area (TPSA) is 217 Å². The maximum atomic E-state index is 18.1. The minimum atomic E-state index is -2.78. The summed E-state index contributed by atoms with van der Waals surface area (Å²) in [5, 5.41) is 28.8. The van der Waals surface area contributed by atoms with Crippen LogP contribution >= 0.6 is 11.8 Å². The molecule has 16 nitrogen and oxygen atoms in total. The maximum absolute atomic E-state index is 18.1. The molecule has 0 radical (unpaired) electrons. The van der Waals surface area contributed by atoms with E-state index < -0.39 is 79.2 Å².